The van der Waals surface area contributed by atoms with Crippen LogP contribution in [0.4, 0.5) is 11.4 Å². The van der Waals surface area contributed by atoms with Gasteiger partial charge in [-0.15, -0.1) is 0 Å². The number of nitrogens with one attached hydrogen (secondary N) is 1. The topological polar surface area (TPSA) is 114 Å². The highest BCUT2D eigenvalue weighted by atomic mass is 16.6. The molecule has 2 aromatic carbocycles. The van der Waals surface area contributed by atoms with E-state index in [0.717, 1.165) is 11.0 Å². The van der Waals surface area contributed by atoms with E-state index in [2.05, 4.69) is 10.4 Å². The summed E-state index contributed by atoms with van der Waals surface area (Å²) in [5.74, 6) is 0.914. The highest BCUT2D eigenvalue weighted by molar-refractivity contribution is 6.03. The molecule has 0 spiro atoms. The minimum absolute atomic E-state index is 0.0534. The number of fused-ring (bicyclic) bond motifs is 1. The molecular formula is C23H18N4O5. The first-order valence-electron chi connectivity index (χ1n) is 9.99. The smallest absolute Gasteiger partial charge is 0.271 e. The summed E-state index contributed by atoms with van der Waals surface area (Å²) in [5, 5.41) is 20.8. The van der Waals surface area contributed by atoms with E-state index in [0.29, 0.717) is 29.3 Å². The number of anilines is 1. The second-order valence-corrected chi connectivity index (χ2v) is 7.33. The summed E-state index contributed by atoms with van der Waals surface area (Å²) in [6.45, 7) is -0.0880. The maximum absolute atomic E-state index is 13.0. The van der Waals surface area contributed by atoms with Crippen LogP contribution in [0.25, 0.3) is 11.0 Å². The van der Waals surface area contributed by atoms with Gasteiger partial charge in [0, 0.05) is 29.6 Å². The minimum atomic E-state index is -0.482. The Morgan fingerprint density at radius 3 is 2.81 bits per heavy atom. The van der Waals surface area contributed by atoms with Gasteiger partial charge in [0.15, 0.2) is 5.76 Å². The van der Waals surface area contributed by atoms with Crippen molar-refractivity contribution in [1.82, 2.24) is 5.01 Å². The zero-order chi connectivity index (χ0) is 22.1. The van der Waals surface area contributed by atoms with Gasteiger partial charge in [-0.05, 0) is 30.3 Å². The third-order valence-electron chi connectivity index (χ3n) is 5.25. The Morgan fingerprint density at radius 2 is 2.03 bits per heavy atom. The monoisotopic (exact) mass is 430 g/mol. The number of hydrogen-bond donors (Lipinski definition) is 1. The number of para-hydroxylation sites is 1. The zero-order valence-electron chi connectivity index (χ0n) is 16.8. The molecule has 0 radical (unpaired) electrons. The molecule has 1 unspecified atom stereocenters. The van der Waals surface area contributed by atoms with E-state index >= 15 is 0 Å². The molecule has 5 rings (SSSR count). The van der Waals surface area contributed by atoms with Gasteiger partial charge in [0.2, 0.25) is 0 Å². The molecule has 2 aromatic heterocycles. The number of hydrogen-bond acceptors (Lipinski definition) is 7. The Balaban J connectivity index is 1.39. The minimum Gasteiger partial charge on any atom is -0.467 e. The first-order valence-corrected chi connectivity index (χ1v) is 9.99. The highest BCUT2D eigenvalue weighted by Gasteiger charge is 2.35. The van der Waals surface area contributed by atoms with Crippen molar-refractivity contribution < 1.29 is 18.6 Å². The molecule has 0 aliphatic carbocycles. The third-order valence-corrected chi connectivity index (χ3v) is 5.25. The maximum atomic E-state index is 13.0. The predicted molar refractivity (Wildman–Crippen MR) is 117 cm³/mol. The van der Waals surface area contributed by atoms with Gasteiger partial charge < -0.3 is 14.2 Å². The lowest BCUT2D eigenvalue weighted by Gasteiger charge is -2.20. The fourth-order valence-corrected chi connectivity index (χ4v) is 3.70. The number of nitro benzene ring substituents is 1. The standard InChI is InChI=1S/C23H18N4O5/c28-23(14-24-16-6-3-7-17(12-16)27(29)30)26-19(21-9-4-10-31-21)13-18(25-26)22-11-15-5-1-2-8-20(15)32-22/h1-12,19,24H,13-14H2. The molecular weight excluding hydrogens is 412 g/mol. The van der Waals surface area contributed by atoms with Crippen molar-refractivity contribution in [1.29, 1.82) is 0 Å². The summed E-state index contributed by atoms with van der Waals surface area (Å²) in [6, 6.07) is 18.7. The van der Waals surface area contributed by atoms with Gasteiger partial charge in [0.05, 0.1) is 17.7 Å². The Kier molecular flexibility index (Phi) is 4.91. The normalized spacial score (nSPS) is 15.7. The largest absolute Gasteiger partial charge is 0.467 e. The first-order chi connectivity index (χ1) is 15.6. The van der Waals surface area contributed by atoms with E-state index in [4.69, 9.17) is 8.83 Å². The molecule has 1 aliphatic heterocycles. The van der Waals surface area contributed by atoms with Gasteiger partial charge in [0.25, 0.3) is 11.6 Å². The van der Waals surface area contributed by atoms with Crippen LogP contribution in [0.1, 0.15) is 24.0 Å². The van der Waals surface area contributed by atoms with Crippen molar-refractivity contribution in [3.05, 3.63) is 94.6 Å². The van der Waals surface area contributed by atoms with Crippen LogP contribution in [0, 0.1) is 10.1 Å². The lowest BCUT2D eigenvalue weighted by molar-refractivity contribution is -0.384. The molecule has 0 saturated carbocycles. The molecule has 1 aliphatic rings. The average molecular weight is 430 g/mol. The van der Waals surface area contributed by atoms with Crippen molar-refractivity contribution in [2.45, 2.75) is 12.5 Å². The number of amides is 1. The van der Waals surface area contributed by atoms with Gasteiger partial charge in [0.1, 0.15) is 23.1 Å². The summed E-state index contributed by atoms with van der Waals surface area (Å²) in [5.41, 5.74) is 1.81. The van der Waals surface area contributed by atoms with E-state index in [-0.39, 0.29) is 18.1 Å². The maximum Gasteiger partial charge on any atom is 0.271 e. The molecule has 0 fully saturated rings. The summed E-state index contributed by atoms with van der Waals surface area (Å²) in [7, 11) is 0. The second kappa shape index (κ2) is 8.03. The van der Waals surface area contributed by atoms with E-state index in [9.17, 15) is 14.9 Å². The van der Waals surface area contributed by atoms with Crippen molar-refractivity contribution in [2.24, 2.45) is 5.10 Å². The van der Waals surface area contributed by atoms with Gasteiger partial charge in [-0.3, -0.25) is 14.9 Å². The fraction of sp³-hybridized carbons (Fsp3) is 0.130. The van der Waals surface area contributed by atoms with Gasteiger partial charge >= 0.3 is 0 Å². The molecule has 9 heteroatoms. The number of hydrazone groups is 1. The molecule has 3 heterocycles. The third kappa shape index (κ3) is 3.71. The highest BCUT2D eigenvalue weighted by Crippen LogP contribution is 2.34. The molecule has 1 N–H and O–H groups in total. The van der Waals surface area contributed by atoms with Crippen LogP contribution >= 0.6 is 0 Å². The number of rotatable bonds is 6. The molecule has 9 nitrogen and oxygen atoms in total. The number of benzene rings is 2. The molecule has 160 valence electrons. The molecule has 4 aromatic rings. The number of furan rings is 2. The van der Waals surface area contributed by atoms with Crippen LogP contribution in [0.2, 0.25) is 0 Å². The fourth-order valence-electron chi connectivity index (χ4n) is 3.70. The Hall–Kier alpha value is -4.40. The average Bonchev–Trinajstić information content (AvgIpc) is 3.56. The van der Waals surface area contributed by atoms with Crippen molar-refractivity contribution >= 4 is 34.0 Å². The van der Waals surface area contributed by atoms with E-state index < -0.39 is 11.0 Å². The van der Waals surface area contributed by atoms with Gasteiger partial charge in [-0.25, -0.2) is 5.01 Å². The Morgan fingerprint density at radius 1 is 1.16 bits per heavy atom. The quantitative estimate of drug-likeness (QED) is 0.350. The predicted octanol–water partition coefficient (Wildman–Crippen LogP) is 4.72. The van der Waals surface area contributed by atoms with Crippen LogP contribution < -0.4 is 5.32 Å². The lowest BCUT2D eigenvalue weighted by Crippen LogP contribution is -2.32. The Labute approximate surface area is 182 Å². The SMILES string of the molecule is O=C(CNc1cccc([N+](=O)[O-])c1)N1N=C(c2cc3ccccc3o2)CC1c1ccco1. The summed E-state index contributed by atoms with van der Waals surface area (Å²) in [4.78, 5) is 23.5. The zero-order valence-corrected chi connectivity index (χ0v) is 16.8. The molecule has 1 atom stereocenters. The first kappa shape index (κ1) is 19.6. The van der Waals surface area contributed by atoms with Crippen LogP contribution in [0.5, 0.6) is 0 Å². The van der Waals surface area contributed by atoms with E-state index in [1.807, 2.05) is 30.3 Å². The van der Waals surface area contributed by atoms with Crippen LogP contribution in [0.3, 0.4) is 0 Å². The van der Waals surface area contributed by atoms with Crippen molar-refractivity contribution in [3.63, 3.8) is 0 Å². The number of carbonyl (C=O) groups is 1. The number of nitro groups is 1. The van der Waals surface area contributed by atoms with Crippen LogP contribution in [-0.4, -0.2) is 28.1 Å². The molecule has 1 amide bonds. The number of nitrogens with zero attached hydrogens (tertiary/aromatic N) is 3. The molecule has 0 saturated heterocycles. The van der Waals surface area contributed by atoms with Crippen LogP contribution in [0.15, 0.2) is 86.9 Å². The lowest BCUT2D eigenvalue weighted by atomic mass is 10.1. The summed E-state index contributed by atoms with van der Waals surface area (Å²) < 4.78 is 11.5. The van der Waals surface area contributed by atoms with Crippen molar-refractivity contribution in [3.8, 4) is 0 Å². The summed E-state index contributed by atoms with van der Waals surface area (Å²) >= 11 is 0. The summed E-state index contributed by atoms with van der Waals surface area (Å²) in [6.07, 6.45) is 1.99. The van der Waals surface area contributed by atoms with Crippen LogP contribution in [-0.2, 0) is 4.79 Å². The molecule has 32 heavy (non-hydrogen) atoms. The van der Waals surface area contributed by atoms with Crippen molar-refractivity contribution in [2.75, 3.05) is 11.9 Å². The number of non-ortho nitro benzene ring substituents is 1. The van der Waals surface area contributed by atoms with E-state index in [1.54, 1.807) is 30.5 Å². The Bertz CT molecular complexity index is 1290. The van der Waals surface area contributed by atoms with Gasteiger partial charge in [-0.1, -0.05) is 24.3 Å². The number of carbonyl (C=O) groups excluding carboxylic acids is 1. The van der Waals surface area contributed by atoms with Gasteiger partial charge in [-0.2, -0.15) is 5.10 Å². The second-order valence-electron chi connectivity index (χ2n) is 7.33. The van der Waals surface area contributed by atoms with E-state index in [1.165, 1.54) is 17.1 Å². The molecule has 0 bridgehead atoms.